The summed E-state index contributed by atoms with van der Waals surface area (Å²) in [7, 11) is 1.83. The smallest absolute Gasteiger partial charge is 0.125 e. The zero-order valence-electron chi connectivity index (χ0n) is 8.33. The van der Waals surface area contributed by atoms with Crippen molar-refractivity contribution in [2.75, 3.05) is 12.4 Å². The van der Waals surface area contributed by atoms with Crippen molar-refractivity contribution < 1.29 is 5.11 Å². The third-order valence-corrected chi connectivity index (χ3v) is 2.15. The highest BCUT2D eigenvalue weighted by Crippen LogP contribution is 2.20. The van der Waals surface area contributed by atoms with Gasteiger partial charge in [-0.25, -0.2) is 4.98 Å². The molecule has 1 atom stereocenters. The summed E-state index contributed by atoms with van der Waals surface area (Å²) in [6.45, 7) is 3.94. The van der Waals surface area contributed by atoms with Crippen LogP contribution in [0, 0.1) is 6.92 Å². The van der Waals surface area contributed by atoms with Gasteiger partial charge in [-0.1, -0.05) is 6.92 Å². The minimum Gasteiger partial charge on any atom is -0.388 e. The van der Waals surface area contributed by atoms with E-state index in [0.717, 1.165) is 23.4 Å². The van der Waals surface area contributed by atoms with E-state index in [1.54, 1.807) is 6.20 Å². The molecule has 0 amide bonds. The van der Waals surface area contributed by atoms with E-state index < -0.39 is 6.10 Å². The molecule has 13 heavy (non-hydrogen) atoms. The van der Waals surface area contributed by atoms with Crippen molar-refractivity contribution in [3.63, 3.8) is 0 Å². The van der Waals surface area contributed by atoms with E-state index in [-0.39, 0.29) is 0 Å². The second-order valence-electron chi connectivity index (χ2n) is 3.10. The van der Waals surface area contributed by atoms with Crippen LogP contribution in [0.15, 0.2) is 12.3 Å². The van der Waals surface area contributed by atoms with Crippen molar-refractivity contribution >= 4 is 5.82 Å². The Morgan fingerprint density at radius 1 is 1.62 bits per heavy atom. The quantitative estimate of drug-likeness (QED) is 0.746. The summed E-state index contributed by atoms with van der Waals surface area (Å²) in [6, 6.07) is 1.94. The Morgan fingerprint density at radius 3 is 2.77 bits per heavy atom. The molecule has 0 fully saturated rings. The molecule has 0 saturated carbocycles. The van der Waals surface area contributed by atoms with Crippen LogP contribution in [0.2, 0.25) is 0 Å². The van der Waals surface area contributed by atoms with E-state index in [2.05, 4.69) is 10.3 Å². The van der Waals surface area contributed by atoms with E-state index >= 15 is 0 Å². The molecule has 0 spiro atoms. The van der Waals surface area contributed by atoms with Gasteiger partial charge in [-0.15, -0.1) is 0 Å². The Balaban J connectivity index is 2.98. The van der Waals surface area contributed by atoms with Gasteiger partial charge >= 0.3 is 0 Å². The zero-order valence-corrected chi connectivity index (χ0v) is 8.33. The van der Waals surface area contributed by atoms with Crippen molar-refractivity contribution in [3.05, 3.63) is 23.4 Å². The SMILES string of the molecule is CC[C@@H](O)c1cnc(NC)cc1C. The Kier molecular flexibility index (Phi) is 3.25. The van der Waals surface area contributed by atoms with Crippen molar-refractivity contribution in [2.24, 2.45) is 0 Å². The molecule has 0 unspecified atom stereocenters. The minimum absolute atomic E-state index is 0.390. The normalized spacial score (nSPS) is 12.6. The third kappa shape index (κ3) is 2.18. The molecule has 0 saturated heterocycles. The van der Waals surface area contributed by atoms with Crippen LogP contribution in [0.25, 0.3) is 0 Å². The first-order valence-corrected chi connectivity index (χ1v) is 4.51. The number of nitrogens with zero attached hydrogens (tertiary/aromatic N) is 1. The zero-order chi connectivity index (χ0) is 9.84. The van der Waals surface area contributed by atoms with Crippen LogP contribution in [-0.4, -0.2) is 17.1 Å². The van der Waals surface area contributed by atoms with Gasteiger partial charge in [-0.2, -0.15) is 0 Å². The highest BCUT2D eigenvalue weighted by molar-refractivity contribution is 5.40. The van der Waals surface area contributed by atoms with Crippen LogP contribution in [0.1, 0.15) is 30.6 Å². The molecule has 0 aliphatic carbocycles. The maximum Gasteiger partial charge on any atom is 0.125 e. The van der Waals surface area contributed by atoms with Crippen molar-refractivity contribution in [3.8, 4) is 0 Å². The van der Waals surface area contributed by atoms with Gasteiger partial charge in [0.05, 0.1) is 6.10 Å². The summed E-state index contributed by atoms with van der Waals surface area (Å²) >= 11 is 0. The minimum atomic E-state index is -0.390. The van der Waals surface area contributed by atoms with Gasteiger partial charge in [0, 0.05) is 18.8 Å². The Morgan fingerprint density at radius 2 is 2.31 bits per heavy atom. The fourth-order valence-corrected chi connectivity index (χ4v) is 1.27. The molecule has 0 aliphatic heterocycles. The molecule has 1 rings (SSSR count). The molecule has 0 radical (unpaired) electrons. The van der Waals surface area contributed by atoms with E-state index in [9.17, 15) is 5.11 Å². The van der Waals surface area contributed by atoms with E-state index in [4.69, 9.17) is 0 Å². The van der Waals surface area contributed by atoms with E-state index in [0.29, 0.717) is 0 Å². The summed E-state index contributed by atoms with van der Waals surface area (Å²) < 4.78 is 0. The number of rotatable bonds is 3. The van der Waals surface area contributed by atoms with Gasteiger partial charge in [0.15, 0.2) is 0 Å². The standard InChI is InChI=1S/C10H16N2O/c1-4-9(13)8-6-12-10(11-3)5-7(8)2/h5-6,9,13H,4H2,1-3H3,(H,11,12)/t9-/m1/s1. The average Bonchev–Trinajstić information content (AvgIpc) is 2.16. The summed E-state index contributed by atoms with van der Waals surface area (Å²) in [5, 5.41) is 12.6. The first kappa shape index (κ1) is 9.99. The fourth-order valence-electron chi connectivity index (χ4n) is 1.27. The first-order chi connectivity index (χ1) is 6.19. The number of hydrogen-bond donors (Lipinski definition) is 2. The molecular weight excluding hydrogens is 164 g/mol. The molecule has 1 heterocycles. The summed E-state index contributed by atoms with van der Waals surface area (Å²) in [5.74, 6) is 0.838. The lowest BCUT2D eigenvalue weighted by molar-refractivity contribution is 0.172. The van der Waals surface area contributed by atoms with Gasteiger partial charge in [0.1, 0.15) is 5.82 Å². The van der Waals surface area contributed by atoms with E-state index in [1.807, 2.05) is 27.0 Å². The largest absolute Gasteiger partial charge is 0.388 e. The van der Waals surface area contributed by atoms with Crippen LogP contribution < -0.4 is 5.32 Å². The van der Waals surface area contributed by atoms with Crippen molar-refractivity contribution in [2.45, 2.75) is 26.4 Å². The summed E-state index contributed by atoms with van der Waals surface area (Å²) in [4.78, 5) is 4.16. The molecule has 1 aromatic heterocycles. The number of aryl methyl sites for hydroxylation is 1. The summed E-state index contributed by atoms with van der Waals surface area (Å²) in [5.41, 5.74) is 2.00. The Hall–Kier alpha value is -1.09. The van der Waals surface area contributed by atoms with Gasteiger partial charge in [0.2, 0.25) is 0 Å². The molecule has 0 aromatic carbocycles. The molecule has 1 aromatic rings. The lowest BCUT2D eigenvalue weighted by Gasteiger charge is -2.11. The third-order valence-electron chi connectivity index (χ3n) is 2.15. The van der Waals surface area contributed by atoms with Gasteiger partial charge in [0.25, 0.3) is 0 Å². The number of aliphatic hydroxyl groups is 1. The monoisotopic (exact) mass is 180 g/mol. The van der Waals surface area contributed by atoms with Crippen LogP contribution in [0.4, 0.5) is 5.82 Å². The van der Waals surface area contributed by atoms with E-state index in [1.165, 1.54) is 0 Å². The van der Waals surface area contributed by atoms with Gasteiger partial charge in [-0.3, -0.25) is 0 Å². The molecule has 2 N–H and O–H groups in total. The molecule has 3 heteroatoms. The van der Waals surface area contributed by atoms with Crippen LogP contribution in [-0.2, 0) is 0 Å². The average molecular weight is 180 g/mol. The van der Waals surface area contributed by atoms with Crippen LogP contribution in [0.5, 0.6) is 0 Å². The number of anilines is 1. The Labute approximate surface area is 78.8 Å². The van der Waals surface area contributed by atoms with Crippen molar-refractivity contribution in [1.29, 1.82) is 0 Å². The lowest BCUT2D eigenvalue weighted by Crippen LogP contribution is -2.01. The Bertz CT molecular complexity index is 286. The number of aromatic nitrogens is 1. The highest BCUT2D eigenvalue weighted by atomic mass is 16.3. The molecule has 3 nitrogen and oxygen atoms in total. The highest BCUT2D eigenvalue weighted by Gasteiger charge is 2.08. The molecule has 0 bridgehead atoms. The lowest BCUT2D eigenvalue weighted by atomic mass is 10.0. The second kappa shape index (κ2) is 4.23. The molecule has 0 aliphatic rings. The van der Waals surface area contributed by atoms with Gasteiger partial charge in [-0.05, 0) is 25.0 Å². The second-order valence-corrected chi connectivity index (χ2v) is 3.10. The van der Waals surface area contributed by atoms with Crippen LogP contribution in [0.3, 0.4) is 0 Å². The molecule has 72 valence electrons. The number of hydrogen-bond acceptors (Lipinski definition) is 3. The molecular formula is C10H16N2O. The number of pyridine rings is 1. The van der Waals surface area contributed by atoms with Crippen molar-refractivity contribution in [1.82, 2.24) is 4.98 Å². The number of nitrogens with one attached hydrogen (secondary N) is 1. The summed E-state index contributed by atoms with van der Waals surface area (Å²) in [6.07, 6.45) is 2.06. The fraction of sp³-hybridized carbons (Fsp3) is 0.500. The maximum atomic E-state index is 9.61. The number of aliphatic hydroxyl groups excluding tert-OH is 1. The maximum absolute atomic E-state index is 9.61. The topological polar surface area (TPSA) is 45.2 Å². The predicted molar refractivity (Wildman–Crippen MR) is 53.8 cm³/mol. The first-order valence-electron chi connectivity index (χ1n) is 4.51. The van der Waals surface area contributed by atoms with Crippen LogP contribution >= 0.6 is 0 Å². The predicted octanol–water partition coefficient (Wildman–Crippen LogP) is 1.88. The van der Waals surface area contributed by atoms with Gasteiger partial charge < -0.3 is 10.4 Å².